The van der Waals surface area contributed by atoms with Gasteiger partial charge in [-0.15, -0.1) is 0 Å². The van der Waals surface area contributed by atoms with Crippen LogP contribution in [0.4, 0.5) is 19.0 Å². The number of aromatic nitrogens is 1. The number of alkyl halides is 3. The molecule has 1 unspecified atom stereocenters. The van der Waals surface area contributed by atoms with E-state index in [4.69, 9.17) is 0 Å². The second-order valence-corrected chi connectivity index (χ2v) is 6.91. The van der Waals surface area contributed by atoms with Gasteiger partial charge in [-0.3, -0.25) is 9.59 Å². The van der Waals surface area contributed by atoms with E-state index in [0.717, 1.165) is 12.3 Å². The molecule has 27 heavy (non-hydrogen) atoms. The first kappa shape index (κ1) is 19.4. The zero-order valence-electron chi connectivity index (χ0n) is 15.1. The Morgan fingerprint density at radius 2 is 1.96 bits per heavy atom. The molecular weight excluding hydrogens is 361 g/mol. The Balaban J connectivity index is 1.60. The minimum absolute atomic E-state index is 0.00303. The number of hydrogen-bond acceptors (Lipinski definition) is 4. The number of anilines is 1. The molecule has 2 saturated heterocycles. The van der Waals surface area contributed by atoms with Gasteiger partial charge in [0.25, 0.3) is 0 Å². The predicted molar refractivity (Wildman–Crippen MR) is 93.0 cm³/mol. The Morgan fingerprint density at radius 1 is 1.26 bits per heavy atom. The van der Waals surface area contributed by atoms with Gasteiger partial charge in [0.1, 0.15) is 11.9 Å². The first-order valence-electron chi connectivity index (χ1n) is 9.17. The number of piperidine rings is 1. The van der Waals surface area contributed by atoms with E-state index in [0.29, 0.717) is 51.3 Å². The SMILES string of the molecule is CCC1C(=O)NCCN1C(=O)C1CCN(c2ccc(C(F)(F)F)cn2)CC1. The fourth-order valence-electron chi connectivity index (χ4n) is 3.72. The van der Waals surface area contributed by atoms with Gasteiger partial charge in [-0.25, -0.2) is 4.98 Å². The molecule has 1 aromatic rings. The molecule has 2 fully saturated rings. The first-order chi connectivity index (χ1) is 12.8. The molecule has 1 N–H and O–H groups in total. The number of pyridine rings is 1. The van der Waals surface area contributed by atoms with E-state index in [1.165, 1.54) is 6.07 Å². The third-order valence-electron chi connectivity index (χ3n) is 5.24. The van der Waals surface area contributed by atoms with Crippen molar-refractivity contribution in [2.24, 2.45) is 5.92 Å². The molecule has 9 heteroatoms. The third kappa shape index (κ3) is 4.17. The number of nitrogens with one attached hydrogen (secondary N) is 1. The summed E-state index contributed by atoms with van der Waals surface area (Å²) in [7, 11) is 0. The molecule has 0 aromatic carbocycles. The fraction of sp³-hybridized carbons (Fsp3) is 0.611. The van der Waals surface area contributed by atoms with E-state index in [9.17, 15) is 22.8 Å². The number of halogens is 3. The van der Waals surface area contributed by atoms with E-state index < -0.39 is 17.8 Å². The molecule has 0 saturated carbocycles. The summed E-state index contributed by atoms with van der Waals surface area (Å²) in [5.41, 5.74) is -0.773. The topological polar surface area (TPSA) is 65.5 Å². The summed E-state index contributed by atoms with van der Waals surface area (Å²) in [6.45, 7) is 3.96. The average Bonchev–Trinajstić information content (AvgIpc) is 2.67. The second kappa shape index (κ2) is 7.74. The molecule has 1 aromatic heterocycles. The highest BCUT2D eigenvalue weighted by Gasteiger charge is 2.36. The molecule has 1 atom stereocenters. The number of rotatable bonds is 3. The van der Waals surface area contributed by atoms with Crippen molar-refractivity contribution in [1.29, 1.82) is 0 Å². The normalized spacial score (nSPS) is 21.9. The molecule has 2 amide bonds. The zero-order valence-corrected chi connectivity index (χ0v) is 15.1. The van der Waals surface area contributed by atoms with Crippen LogP contribution in [0.5, 0.6) is 0 Å². The number of hydrogen-bond donors (Lipinski definition) is 1. The van der Waals surface area contributed by atoms with Crippen LogP contribution in [-0.2, 0) is 15.8 Å². The zero-order chi connectivity index (χ0) is 19.6. The predicted octanol–water partition coefficient (Wildman–Crippen LogP) is 2.05. The monoisotopic (exact) mass is 384 g/mol. The van der Waals surface area contributed by atoms with Gasteiger partial charge in [0.2, 0.25) is 11.8 Å². The van der Waals surface area contributed by atoms with E-state index in [1.807, 2.05) is 11.8 Å². The lowest BCUT2D eigenvalue weighted by Gasteiger charge is -2.39. The largest absolute Gasteiger partial charge is 0.417 e. The minimum Gasteiger partial charge on any atom is -0.357 e. The fourth-order valence-corrected chi connectivity index (χ4v) is 3.72. The Labute approximate surface area is 155 Å². The van der Waals surface area contributed by atoms with Crippen LogP contribution >= 0.6 is 0 Å². The van der Waals surface area contributed by atoms with Crippen molar-refractivity contribution in [3.8, 4) is 0 Å². The summed E-state index contributed by atoms with van der Waals surface area (Å²) < 4.78 is 37.9. The molecule has 2 aliphatic rings. The van der Waals surface area contributed by atoms with Gasteiger partial charge in [-0.1, -0.05) is 6.92 Å². The second-order valence-electron chi connectivity index (χ2n) is 6.91. The Bertz CT molecular complexity index is 685. The Hall–Kier alpha value is -2.32. The van der Waals surface area contributed by atoms with Crippen LogP contribution in [0.15, 0.2) is 18.3 Å². The smallest absolute Gasteiger partial charge is 0.357 e. The maximum Gasteiger partial charge on any atom is 0.417 e. The number of nitrogens with zero attached hydrogens (tertiary/aromatic N) is 3. The summed E-state index contributed by atoms with van der Waals surface area (Å²) in [5, 5.41) is 2.79. The molecule has 3 rings (SSSR count). The van der Waals surface area contributed by atoms with Gasteiger partial charge in [0.05, 0.1) is 5.56 Å². The van der Waals surface area contributed by atoms with Crippen LogP contribution in [0.25, 0.3) is 0 Å². The van der Waals surface area contributed by atoms with Crippen molar-refractivity contribution in [3.63, 3.8) is 0 Å². The highest BCUT2D eigenvalue weighted by Crippen LogP contribution is 2.30. The Kier molecular flexibility index (Phi) is 5.57. The summed E-state index contributed by atoms with van der Waals surface area (Å²) in [4.78, 5) is 32.3. The lowest BCUT2D eigenvalue weighted by Crippen LogP contribution is -2.58. The van der Waals surface area contributed by atoms with Crippen molar-refractivity contribution in [3.05, 3.63) is 23.9 Å². The maximum atomic E-state index is 12.9. The molecule has 148 valence electrons. The van der Waals surface area contributed by atoms with Crippen LogP contribution in [0.1, 0.15) is 31.7 Å². The van der Waals surface area contributed by atoms with Gasteiger partial charge in [0, 0.05) is 38.3 Å². The van der Waals surface area contributed by atoms with Crippen LogP contribution in [0, 0.1) is 5.92 Å². The van der Waals surface area contributed by atoms with Gasteiger partial charge >= 0.3 is 6.18 Å². The number of piperazine rings is 1. The van der Waals surface area contributed by atoms with Crippen molar-refractivity contribution in [2.75, 3.05) is 31.1 Å². The van der Waals surface area contributed by atoms with E-state index >= 15 is 0 Å². The molecule has 3 heterocycles. The lowest BCUT2D eigenvalue weighted by molar-refractivity contribution is -0.146. The summed E-state index contributed by atoms with van der Waals surface area (Å²) in [6, 6.07) is 1.98. The first-order valence-corrected chi connectivity index (χ1v) is 9.17. The van der Waals surface area contributed by atoms with E-state index in [2.05, 4.69) is 10.3 Å². The lowest BCUT2D eigenvalue weighted by atomic mass is 9.93. The number of amides is 2. The third-order valence-corrected chi connectivity index (χ3v) is 5.24. The van der Waals surface area contributed by atoms with Crippen molar-refractivity contribution >= 4 is 17.6 Å². The molecule has 2 aliphatic heterocycles. The van der Waals surface area contributed by atoms with Gasteiger partial charge < -0.3 is 15.1 Å². The molecular formula is C18H23F3N4O2. The molecule has 0 spiro atoms. The van der Waals surface area contributed by atoms with Crippen molar-refractivity contribution in [2.45, 2.75) is 38.4 Å². The quantitative estimate of drug-likeness (QED) is 0.866. The molecule has 0 bridgehead atoms. The molecule has 0 radical (unpaired) electrons. The van der Waals surface area contributed by atoms with Gasteiger partial charge in [-0.05, 0) is 31.4 Å². The standard InChI is InChI=1S/C18H23F3N4O2/c1-2-14-16(26)22-7-10-25(14)17(27)12-5-8-24(9-6-12)15-4-3-13(11-23-15)18(19,20)21/h3-4,11-12,14H,2,5-10H2,1H3,(H,22,26). The van der Waals surface area contributed by atoms with Crippen molar-refractivity contribution < 1.29 is 22.8 Å². The van der Waals surface area contributed by atoms with E-state index in [1.54, 1.807) is 4.90 Å². The van der Waals surface area contributed by atoms with Crippen LogP contribution in [0.3, 0.4) is 0 Å². The van der Waals surface area contributed by atoms with Crippen LogP contribution < -0.4 is 10.2 Å². The summed E-state index contributed by atoms with van der Waals surface area (Å²) in [6.07, 6.45) is -1.80. The highest BCUT2D eigenvalue weighted by molar-refractivity contribution is 5.89. The number of carbonyl (C=O) groups excluding carboxylic acids is 2. The van der Waals surface area contributed by atoms with Crippen LogP contribution in [0.2, 0.25) is 0 Å². The maximum absolute atomic E-state index is 12.9. The van der Waals surface area contributed by atoms with E-state index in [-0.39, 0.29) is 17.7 Å². The minimum atomic E-state index is -4.40. The average molecular weight is 384 g/mol. The highest BCUT2D eigenvalue weighted by atomic mass is 19.4. The van der Waals surface area contributed by atoms with Gasteiger partial charge in [0.15, 0.2) is 0 Å². The summed E-state index contributed by atoms with van der Waals surface area (Å²) in [5.74, 6) is 0.202. The Morgan fingerprint density at radius 3 is 2.52 bits per heavy atom. The van der Waals surface area contributed by atoms with Gasteiger partial charge in [-0.2, -0.15) is 13.2 Å². The van der Waals surface area contributed by atoms with Crippen molar-refractivity contribution in [1.82, 2.24) is 15.2 Å². The molecule has 0 aliphatic carbocycles. The van der Waals surface area contributed by atoms with Crippen LogP contribution in [-0.4, -0.2) is 53.9 Å². The summed E-state index contributed by atoms with van der Waals surface area (Å²) >= 11 is 0. The molecule has 6 nitrogen and oxygen atoms in total. The number of carbonyl (C=O) groups is 2.